The van der Waals surface area contributed by atoms with E-state index in [1.54, 1.807) is 0 Å². The molecular weight excluding hydrogens is 206 g/mol. The first-order chi connectivity index (χ1) is 7.85. The Kier molecular flexibility index (Phi) is 12.3. The second-order valence-electron chi connectivity index (χ2n) is 3.59. The molecule has 4 heteroatoms. The fraction of sp³-hybridized carbons (Fsp3) is 0.917. The topological polar surface area (TPSA) is 51.5 Å². The largest absolute Gasteiger partial charge is 0.381 e. The Morgan fingerprint density at radius 3 is 2.12 bits per heavy atom. The van der Waals surface area contributed by atoms with E-state index in [2.05, 4.69) is 13.8 Å². The maximum Gasteiger partial charge on any atom is 0.0942 e. The molecule has 0 aliphatic rings. The Morgan fingerprint density at radius 1 is 0.938 bits per heavy atom. The highest BCUT2D eigenvalue weighted by molar-refractivity contribution is 5.59. The fourth-order valence-corrected chi connectivity index (χ4v) is 1.17. The molecule has 0 fully saturated rings. The number of ether oxygens (including phenoxy) is 3. The molecule has 1 N–H and O–H groups in total. The molecule has 1 atom stereocenters. The van der Waals surface area contributed by atoms with E-state index in [4.69, 9.17) is 19.6 Å². The van der Waals surface area contributed by atoms with Crippen molar-refractivity contribution in [2.24, 2.45) is 0 Å². The van der Waals surface area contributed by atoms with Gasteiger partial charge in [-0.15, -0.1) is 0 Å². The van der Waals surface area contributed by atoms with Crippen LogP contribution in [0.3, 0.4) is 0 Å². The van der Waals surface area contributed by atoms with E-state index in [9.17, 15) is 0 Å². The zero-order chi connectivity index (χ0) is 12.1. The van der Waals surface area contributed by atoms with E-state index < -0.39 is 0 Å². The smallest absolute Gasteiger partial charge is 0.0942 e. The maximum atomic E-state index is 7.21. The molecule has 0 heterocycles. The first kappa shape index (κ1) is 15.6. The molecule has 96 valence electrons. The van der Waals surface area contributed by atoms with Crippen LogP contribution in [0.5, 0.6) is 0 Å². The quantitative estimate of drug-likeness (QED) is 0.414. The van der Waals surface area contributed by atoms with Crippen molar-refractivity contribution in [1.29, 1.82) is 5.41 Å². The van der Waals surface area contributed by atoms with Crippen molar-refractivity contribution in [3.05, 3.63) is 0 Å². The molecule has 0 saturated carbocycles. The zero-order valence-corrected chi connectivity index (χ0v) is 10.5. The zero-order valence-electron chi connectivity index (χ0n) is 10.5. The lowest BCUT2D eigenvalue weighted by molar-refractivity contribution is 0.0166. The third-order valence-electron chi connectivity index (χ3n) is 1.99. The van der Waals surface area contributed by atoms with Crippen LogP contribution < -0.4 is 0 Å². The molecule has 0 amide bonds. The molecule has 4 nitrogen and oxygen atoms in total. The monoisotopic (exact) mass is 231 g/mol. The standard InChI is InChI=1S/C12H25NO3/c1-3-6-14-8-5-12(11-13)16-10-9-15-7-4-2/h11-13H,3-10H2,1-2H3. The van der Waals surface area contributed by atoms with Crippen molar-refractivity contribution in [1.82, 2.24) is 0 Å². The van der Waals surface area contributed by atoms with Crippen LogP contribution in [0, 0.1) is 5.41 Å². The first-order valence-corrected chi connectivity index (χ1v) is 6.12. The average molecular weight is 231 g/mol. The highest BCUT2D eigenvalue weighted by atomic mass is 16.5. The van der Waals surface area contributed by atoms with Gasteiger partial charge in [0.1, 0.15) is 0 Å². The SMILES string of the molecule is CCCOCCOC(C=N)CCOCCC. The van der Waals surface area contributed by atoms with Gasteiger partial charge in [0.25, 0.3) is 0 Å². The molecule has 0 aliphatic carbocycles. The van der Waals surface area contributed by atoms with E-state index in [-0.39, 0.29) is 6.10 Å². The molecule has 1 unspecified atom stereocenters. The van der Waals surface area contributed by atoms with Crippen LogP contribution in [0.1, 0.15) is 33.1 Å². The van der Waals surface area contributed by atoms with Gasteiger partial charge in [-0.05, 0) is 12.8 Å². The van der Waals surface area contributed by atoms with Crippen LogP contribution in [0.25, 0.3) is 0 Å². The van der Waals surface area contributed by atoms with Gasteiger partial charge in [-0.25, -0.2) is 0 Å². The van der Waals surface area contributed by atoms with Crippen LogP contribution in [-0.2, 0) is 14.2 Å². The first-order valence-electron chi connectivity index (χ1n) is 6.12. The van der Waals surface area contributed by atoms with Gasteiger partial charge in [-0.2, -0.15) is 0 Å². The molecule has 0 saturated heterocycles. The Morgan fingerprint density at radius 2 is 1.56 bits per heavy atom. The predicted molar refractivity (Wildman–Crippen MR) is 65.4 cm³/mol. The third-order valence-corrected chi connectivity index (χ3v) is 1.99. The van der Waals surface area contributed by atoms with Gasteiger partial charge in [0.15, 0.2) is 0 Å². The summed E-state index contributed by atoms with van der Waals surface area (Å²) in [5.74, 6) is 0. The van der Waals surface area contributed by atoms with Crippen molar-refractivity contribution in [2.75, 3.05) is 33.0 Å². The Balaban J connectivity index is 3.33. The van der Waals surface area contributed by atoms with Crippen LogP contribution >= 0.6 is 0 Å². The van der Waals surface area contributed by atoms with Gasteiger partial charge in [0, 0.05) is 32.5 Å². The lowest BCUT2D eigenvalue weighted by atomic mass is 10.3. The summed E-state index contributed by atoms with van der Waals surface area (Å²) in [4.78, 5) is 0. The molecule has 0 rings (SSSR count). The Hall–Kier alpha value is -0.450. The van der Waals surface area contributed by atoms with Crippen molar-refractivity contribution < 1.29 is 14.2 Å². The van der Waals surface area contributed by atoms with Crippen LogP contribution in [0.4, 0.5) is 0 Å². The minimum atomic E-state index is -0.137. The van der Waals surface area contributed by atoms with Gasteiger partial charge in [-0.3, -0.25) is 0 Å². The molecule has 0 aromatic rings. The second-order valence-corrected chi connectivity index (χ2v) is 3.59. The van der Waals surface area contributed by atoms with E-state index in [0.717, 1.165) is 32.5 Å². The molecule has 0 aliphatic heterocycles. The third kappa shape index (κ3) is 10.1. The molecular formula is C12H25NO3. The minimum Gasteiger partial charge on any atom is -0.381 e. The summed E-state index contributed by atoms with van der Waals surface area (Å²) < 4.78 is 16.1. The van der Waals surface area contributed by atoms with Crippen molar-refractivity contribution in [3.63, 3.8) is 0 Å². The van der Waals surface area contributed by atoms with Crippen molar-refractivity contribution >= 4 is 6.21 Å². The Labute approximate surface area is 98.8 Å². The highest BCUT2D eigenvalue weighted by Gasteiger charge is 2.04. The van der Waals surface area contributed by atoms with Crippen LogP contribution in [-0.4, -0.2) is 45.4 Å². The van der Waals surface area contributed by atoms with Crippen LogP contribution in [0.15, 0.2) is 0 Å². The van der Waals surface area contributed by atoms with E-state index in [1.165, 1.54) is 6.21 Å². The number of hydrogen-bond acceptors (Lipinski definition) is 4. The lowest BCUT2D eigenvalue weighted by Crippen LogP contribution is -2.19. The second kappa shape index (κ2) is 12.6. The van der Waals surface area contributed by atoms with Gasteiger partial charge >= 0.3 is 0 Å². The summed E-state index contributed by atoms with van der Waals surface area (Å²) in [6.07, 6.45) is 3.99. The van der Waals surface area contributed by atoms with Gasteiger partial charge in [-0.1, -0.05) is 13.8 Å². The summed E-state index contributed by atoms with van der Waals surface area (Å²) in [5, 5.41) is 7.21. The van der Waals surface area contributed by atoms with Gasteiger partial charge in [0.2, 0.25) is 0 Å². The lowest BCUT2D eigenvalue weighted by Gasteiger charge is -2.13. The molecule has 0 bridgehead atoms. The maximum absolute atomic E-state index is 7.21. The van der Waals surface area contributed by atoms with Crippen molar-refractivity contribution in [2.45, 2.75) is 39.2 Å². The predicted octanol–water partition coefficient (Wildman–Crippen LogP) is 2.26. The molecule has 0 aromatic carbocycles. The van der Waals surface area contributed by atoms with E-state index in [1.807, 2.05) is 0 Å². The number of rotatable bonds is 12. The van der Waals surface area contributed by atoms with E-state index in [0.29, 0.717) is 19.8 Å². The summed E-state index contributed by atoms with van der Waals surface area (Å²) in [6.45, 7) is 7.52. The summed E-state index contributed by atoms with van der Waals surface area (Å²) in [7, 11) is 0. The van der Waals surface area contributed by atoms with Gasteiger partial charge in [0.05, 0.1) is 19.3 Å². The van der Waals surface area contributed by atoms with Crippen LogP contribution in [0.2, 0.25) is 0 Å². The number of hydrogen-bond donors (Lipinski definition) is 1. The average Bonchev–Trinajstić information content (AvgIpc) is 2.31. The van der Waals surface area contributed by atoms with E-state index >= 15 is 0 Å². The van der Waals surface area contributed by atoms with Gasteiger partial charge < -0.3 is 19.6 Å². The normalized spacial score (nSPS) is 12.6. The Bertz CT molecular complexity index is 153. The molecule has 16 heavy (non-hydrogen) atoms. The highest BCUT2D eigenvalue weighted by Crippen LogP contribution is 1.97. The van der Waals surface area contributed by atoms with Crippen molar-refractivity contribution in [3.8, 4) is 0 Å². The molecule has 0 spiro atoms. The fourth-order valence-electron chi connectivity index (χ4n) is 1.17. The molecule has 0 radical (unpaired) electrons. The summed E-state index contributed by atoms with van der Waals surface area (Å²) >= 11 is 0. The summed E-state index contributed by atoms with van der Waals surface area (Å²) in [6, 6.07) is 0. The summed E-state index contributed by atoms with van der Waals surface area (Å²) in [5.41, 5.74) is 0. The minimum absolute atomic E-state index is 0.137. The number of nitrogens with one attached hydrogen (secondary N) is 1. The molecule has 0 aromatic heterocycles.